The number of fused-ring (bicyclic) bond motifs is 1. The topological polar surface area (TPSA) is 79.6 Å². The molecule has 0 aromatic carbocycles. The van der Waals surface area contributed by atoms with Crippen LogP contribution < -0.4 is 4.90 Å². The van der Waals surface area contributed by atoms with Crippen LogP contribution in [0.3, 0.4) is 0 Å². The molecule has 3 fully saturated rings. The van der Waals surface area contributed by atoms with Gasteiger partial charge >= 0.3 is 6.09 Å². The number of carbonyl (C=O) groups excluding carboxylic acids is 1. The largest absolute Gasteiger partial charge is 0.444 e. The molecule has 6 rings (SSSR count). The minimum atomic E-state index is -0.466. The fraction of sp³-hybridized carbons (Fsp3) is 0.655. The van der Waals surface area contributed by atoms with Crippen LogP contribution in [0, 0.1) is 11.3 Å². The second-order valence-electron chi connectivity index (χ2n) is 12.8. The normalized spacial score (nSPS) is 21.1. The van der Waals surface area contributed by atoms with Gasteiger partial charge < -0.3 is 14.5 Å². The summed E-state index contributed by atoms with van der Waals surface area (Å²) in [5.41, 5.74) is 1.13. The van der Waals surface area contributed by atoms with Crippen molar-refractivity contribution in [3.05, 3.63) is 35.2 Å². The Bertz CT molecular complexity index is 1330. The SMILES string of the molecule is CCc1cc2c(N3CCC4(C3)CN(C(c3cnn(C)c3)C3CCN(C(=O)OC(C)(C)C)CC3)C4)ncnc2s1. The zero-order valence-corrected chi connectivity index (χ0v) is 24.7. The van der Waals surface area contributed by atoms with Crippen LogP contribution in [0.25, 0.3) is 10.2 Å². The zero-order chi connectivity index (χ0) is 27.4. The molecule has 0 bridgehead atoms. The minimum absolute atomic E-state index is 0.191. The molecule has 0 aliphatic carbocycles. The van der Waals surface area contributed by atoms with Gasteiger partial charge in [0.2, 0.25) is 0 Å². The van der Waals surface area contributed by atoms with Crippen LogP contribution in [0.15, 0.2) is 24.8 Å². The van der Waals surface area contributed by atoms with Gasteiger partial charge in [-0.3, -0.25) is 9.58 Å². The first-order chi connectivity index (χ1) is 18.6. The van der Waals surface area contributed by atoms with Crippen molar-refractivity contribution < 1.29 is 9.53 Å². The summed E-state index contributed by atoms with van der Waals surface area (Å²) in [6, 6.07) is 2.61. The summed E-state index contributed by atoms with van der Waals surface area (Å²) >= 11 is 1.79. The van der Waals surface area contributed by atoms with Crippen molar-refractivity contribution in [2.24, 2.45) is 18.4 Å². The van der Waals surface area contributed by atoms with E-state index in [1.54, 1.807) is 17.7 Å². The van der Waals surface area contributed by atoms with Crippen LogP contribution in [0.1, 0.15) is 63.4 Å². The summed E-state index contributed by atoms with van der Waals surface area (Å²) < 4.78 is 7.55. The molecule has 3 aromatic heterocycles. The number of anilines is 1. The van der Waals surface area contributed by atoms with E-state index in [2.05, 4.69) is 39.1 Å². The Morgan fingerprint density at radius 1 is 1.18 bits per heavy atom. The van der Waals surface area contributed by atoms with Crippen LogP contribution >= 0.6 is 11.3 Å². The van der Waals surface area contributed by atoms with Gasteiger partial charge in [0, 0.05) is 74.4 Å². The third-order valence-corrected chi connectivity index (χ3v) is 9.81. The average molecular weight is 552 g/mol. The molecule has 3 aliphatic rings. The summed E-state index contributed by atoms with van der Waals surface area (Å²) in [6.45, 7) is 13.7. The molecule has 39 heavy (non-hydrogen) atoms. The van der Waals surface area contributed by atoms with Crippen LogP contribution in [0.4, 0.5) is 10.6 Å². The summed E-state index contributed by atoms with van der Waals surface area (Å²) in [7, 11) is 2.00. The highest BCUT2D eigenvalue weighted by Crippen LogP contribution is 2.48. The molecule has 10 heteroatoms. The van der Waals surface area contributed by atoms with Gasteiger partial charge in [-0.2, -0.15) is 5.10 Å². The van der Waals surface area contributed by atoms with Crippen LogP contribution in [-0.2, 0) is 18.2 Å². The Kier molecular flexibility index (Phi) is 6.82. The van der Waals surface area contributed by atoms with E-state index in [4.69, 9.17) is 9.72 Å². The fourth-order valence-electron chi connectivity index (χ4n) is 6.80. The average Bonchev–Trinajstić information content (AvgIpc) is 3.61. The van der Waals surface area contributed by atoms with Gasteiger partial charge in [-0.1, -0.05) is 6.92 Å². The zero-order valence-electron chi connectivity index (χ0n) is 23.9. The second kappa shape index (κ2) is 10.0. The van der Waals surface area contributed by atoms with Crippen LogP contribution in [-0.4, -0.2) is 80.5 Å². The number of nitrogens with zero attached hydrogens (tertiary/aromatic N) is 7. The number of thiophene rings is 1. The molecule has 1 atom stereocenters. The van der Waals surface area contributed by atoms with E-state index in [1.165, 1.54) is 22.2 Å². The predicted molar refractivity (Wildman–Crippen MR) is 154 cm³/mol. The monoisotopic (exact) mass is 551 g/mol. The Labute approximate surface area is 235 Å². The maximum absolute atomic E-state index is 12.6. The van der Waals surface area contributed by atoms with Gasteiger partial charge in [0.15, 0.2) is 0 Å². The Hall–Kier alpha value is -2.72. The number of rotatable bonds is 5. The molecule has 6 heterocycles. The molecular weight excluding hydrogens is 510 g/mol. The third kappa shape index (κ3) is 5.25. The Morgan fingerprint density at radius 2 is 1.95 bits per heavy atom. The summed E-state index contributed by atoms with van der Waals surface area (Å²) in [6.07, 6.45) is 9.93. The van der Waals surface area contributed by atoms with Crippen LogP contribution in [0.5, 0.6) is 0 Å². The van der Waals surface area contributed by atoms with Crippen molar-refractivity contribution in [2.75, 3.05) is 44.2 Å². The van der Waals surface area contributed by atoms with Gasteiger partial charge in [-0.15, -0.1) is 11.3 Å². The van der Waals surface area contributed by atoms with Gasteiger partial charge in [-0.25, -0.2) is 14.8 Å². The molecule has 0 N–H and O–H groups in total. The lowest BCUT2D eigenvalue weighted by atomic mass is 9.74. The Morgan fingerprint density at radius 3 is 2.62 bits per heavy atom. The number of piperidine rings is 1. The standard InChI is InChI=1S/C29H41N7O2S/c1-6-22-13-23-25(30-19-31-26(23)39-22)35-12-9-29(16-35)17-36(18-29)24(21-14-32-33(5)15-21)20-7-10-34(11-8-20)27(37)38-28(2,3)4/h13-15,19-20,24H,6-12,16-18H2,1-5H3. The lowest BCUT2D eigenvalue weighted by Gasteiger charge is -2.54. The van der Waals surface area contributed by atoms with Crippen molar-refractivity contribution in [3.63, 3.8) is 0 Å². The van der Waals surface area contributed by atoms with Crippen LogP contribution in [0.2, 0.25) is 0 Å². The van der Waals surface area contributed by atoms with Gasteiger partial charge in [0.1, 0.15) is 22.6 Å². The van der Waals surface area contributed by atoms with E-state index in [-0.39, 0.29) is 6.09 Å². The van der Waals surface area contributed by atoms with Gasteiger partial charge in [0.25, 0.3) is 0 Å². The van der Waals surface area contributed by atoms with E-state index in [9.17, 15) is 4.79 Å². The Balaban J connectivity index is 1.14. The molecule has 3 saturated heterocycles. The highest BCUT2D eigenvalue weighted by Gasteiger charge is 2.51. The van der Waals surface area contributed by atoms with E-state index >= 15 is 0 Å². The number of hydrogen-bond acceptors (Lipinski definition) is 8. The van der Waals surface area contributed by atoms with Gasteiger partial charge in [-0.05, 0) is 58.4 Å². The molecular formula is C29H41N7O2S. The second-order valence-corrected chi connectivity index (χ2v) is 13.9. The maximum Gasteiger partial charge on any atom is 0.410 e. The molecule has 1 unspecified atom stereocenters. The number of aromatic nitrogens is 4. The first-order valence-electron chi connectivity index (χ1n) is 14.3. The molecule has 9 nitrogen and oxygen atoms in total. The fourth-order valence-corrected chi connectivity index (χ4v) is 7.73. The number of amides is 1. The number of likely N-dealkylation sites (tertiary alicyclic amines) is 2. The lowest BCUT2D eigenvalue weighted by molar-refractivity contribution is -0.0477. The smallest absolute Gasteiger partial charge is 0.410 e. The highest BCUT2D eigenvalue weighted by atomic mass is 32.1. The highest BCUT2D eigenvalue weighted by molar-refractivity contribution is 7.18. The van der Waals surface area contributed by atoms with Crippen molar-refractivity contribution in [3.8, 4) is 0 Å². The van der Waals surface area contributed by atoms with Crippen molar-refractivity contribution in [1.82, 2.24) is 29.5 Å². The number of carbonyl (C=O) groups is 1. The molecule has 3 aliphatic heterocycles. The third-order valence-electron chi connectivity index (χ3n) is 8.62. The van der Waals surface area contributed by atoms with E-state index in [0.29, 0.717) is 17.4 Å². The first kappa shape index (κ1) is 26.5. The number of aryl methyl sites for hydroxylation is 2. The molecule has 1 spiro atoms. The summed E-state index contributed by atoms with van der Waals surface area (Å²) in [4.78, 5) is 31.4. The van der Waals surface area contributed by atoms with Crippen molar-refractivity contribution in [1.29, 1.82) is 0 Å². The molecule has 3 aromatic rings. The molecule has 0 radical (unpaired) electrons. The van der Waals surface area contributed by atoms with E-state index in [0.717, 1.165) is 69.2 Å². The molecule has 0 saturated carbocycles. The number of ether oxygens (including phenoxy) is 1. The van der Waals surface area contributed by atoms with Gasteiger partial charge in [0.05, 0.1) is 11.6 Å². The van der Waals surface area contributed by atoms with E-state index < -0.39 is 5.60 Å². The van der Waals surface area contributed by atoms with Crippen molar-refractivity contribution >= 4 is 33.5 Å². The summed E-state index contributed by atoms with van der Waals surface area (Å²) in [5.74, 6) is 1.59. The summed E-state index contributed by atoms with van der Waals surface area (Å²) in [5, 5.41) is 5.73. The van der Waals surface area contributed by atoms with E-state index in [1.807, 2.05) is 43.6 Å². The van der Waals surface area contributed by atoms with Crippen molar-refractivity contribution in [2.45, 2.75) is 65.0 Å². The maximum atomic E-state index is 12.6. The predicted octanol–water partition coefficient (Wildman–Crippen LogP) is 4.89. The first-order valence-corrected chi connectivity index (χ1v) is 15.1. The number of hydrogen-bond donors (Lipinski definition) is 0. The lowest BCUT2D eigenvalue weighted by Crippen LogP contribution is -2.60. The quantitative estimate of drug-likeness (QED) is 0.447. The molecule has 210 valence electrons. The minimum Gasteiger partial charge on any atom is -0.444 e. The molecule has 1 amide bonds.